The van der Waals surface area contributed by atoms with Crippen molar-refractivity contribution in [2.24, 2.45) is 0 Å². The van der Waals surface area contributed by atoms with E-state index in [9.17, 15) is 0 Å². The van der Waals surface area contributed by atoms with Crippen LogP contribution < -0.4 is 11.5 Å². The Balaban J connectivity index is 1.89. The molecule has 0 aliphatic rings. The van der Waals surface area contributed by atoms with Crippen LogP contribution in [0.1, 0.15) is 22.3 Å². The largest absolute Gasteiger partial charge is 0.398 e. The van der Waals surface area contributed by atoms with Crippen LogP contribution in [0.4, 0.5) is 11.4 Å². The molecule has 2 nitrogen and oxygen atoms in total. The van der Waals surface area contributed by atoms with E-state index >= 15 is 0 Å². The zero-order valence-electron chi connectivity index (χ0n) is 13.4. The number of nitrogens with two attached hydrogens (primary N) is 2. The Morgan fingerprint density at radius 3 is 1.08 bits per heavy atom. The van der Waals surface area contributed by atoms with Crippen molar-refractivity contribution in [3.8, 4) is 0 Å². The molecule has 0 amide bonds. The molecule has 2 heteroatoms. The highest BCUT2D eigenvalue weighted by molar-refractivity contribution is 5.82. The number of anilines is 2. The van der Waals surface area contributed by atoms with Crippen LogP contribution in [0.3, 0.4) is 0 Å². The summed E-state index contributed by atoms with van der Waals surface area (Å²) >= 11 is 0. The lowest BCUT2D eigenvalue weighted by Crippen LogP contribution is -1.88. The summed E-state index contributed by atoms with van der Waals surface area (Å²) in [4.78, 5) is 0. The van der Waals surface area contributed by atoms with E-state index in [0.717, 1.165) is 33.6 Å². The normalized spacial score (nSPS) is 11.3. The first kappa shape index (κ1) is 15.6. The predicted molar refractivity (Wildman–Crippen MR) is 106 cm³/mol. The molecule has 118 valence electrons. The number of hydrogen-bond acceptors (Lipinski definition) is 2. The lowest BCUT2D eigenvalue weighted by Gasteiger charge is -2.03. The van der Waals surface area contributed by atoms with E-state index in [2.05, 4.69) is 24.3 Å². The maximum Gasteiger partial charge on any atom is 0.0387 e. The molecule has 0 aliphatic heterocycles. The lowest BCUT2D eigenvalue weighted by atomic mass is 10.0. The zero-order valence-corrected chi connectivity index (χ0v) is 13.4. The van der Waals surface area contributed by atoms with Crippen LogP contribution in [0.5, 0.6) is 0 Å². The summed E-state index contributed by atoms with van der Waals surface area (Å²) in [5, 5.41) is 0. The lowest BCUT2D eigenvalue weighted by molar-refractivity contribution is 1.60. The Kier molecular flexibility index (Phi) is 4.78. The molecule has 3 aromatic rings. The van der Waals surface area contributed by atoms with Crippen LogP contribution in [0.2, 0.25) is 0 Å². The Hall–Kier alpha value is -3.26. The van der Waals surface area contributed by atoms with Crippen molar-refractivity contribution in [1.82, 2.24) is 0 Å². The Labute approximate surface area is 142 Å². The Morgan fingerprint density at radius 2 is 0.708 bits per heavy atom. The number of para-hydroxylation sites is 2. The highest BCUT2D eigenvalue weighted by Gasteiger charge is 1.97. The van der Waals surface area contributed by atoms with Crippen LogP contribution in [0.25, 0.3) is 24.3 Å². The van der Waals surface area contributed by atoms with Gasteiger partial charge in [-0.15, -0.1) is 0 Å². The van der Waals surface area contributed by atoms with E-state index in [1.165, 1.54) is 0 Å². The van der Waals surface area contributed by atoms with Crippen LogP contribution in [0.15, 0.2) is 72.8 Å². The van der Waals surface area contributed by atoms with Gasteiger partial charge in [0.2, 0.25) is 0 Å². The standard InChI is InChI=1S/C22H20N2/c23-21-11-5-3-9-19(21)15-13-17-7-1-2-8-18(17)14-16-20-10-4-6-12-22(20)24/h1-16H,23-24H2/b15-13+,16-14+. The molecule has 4 N–H and O–H groups in total. The average molecular weight is 312 g/mol. The topological polar surface area (TPSA) is 52.0 Å². The molecule has 0 saturated carbocycles. The van der Waals surface area contributed by atoms with E-state index in [1.54, 1.807) is 0 Å². The molecule has 0 bridgehead atoms. The van der Waals surface area contributed by atoms with Crippen LogP contribution in [-0.4, -0.2) is 0 Å². The van der Waals surface area contributed by atoms with Crippen molar-refractivity contribution in [3.05, 3.63) is 95.1 Å². The van der Waals surface area contributed by atoms with Gasteiger partial charge in [0.1, 0.15) is 0 Å². The van der Waals surface area contributed by atoms with Crippen molar-refractivity contribution in [2.75, 3.05) is 11.5 Å². The van der Waals surface area contributed by atoms with E-state index in [4.69, 9.17) is 11.5 Å². The maximum atomic E-state index is 5.99. The second-order valence-electron chi connectivity index (χ2n) is 5.55. The van der Waals surface area contributed by atoms with Gasteiger partial charge in [-0.3, -0.25) is 0 Å². The Morgan fingerprint density at radius 1 is 0.417 bits per heavy atom. The predicted octanol–water partition coefficient (Wildman–Crippen LogP) is 5.19. The summed E-state index contributed by atoms with van der Waals surface area (Å²) in [6.07, 6.45) is 8.25. The van der Waals surface area contributed by atoms with E-state index in [-0.39, 0.29) is 0 Å². The van der Waals surface area contributed by atoms with E-state index < -0.39 is 0 Å². The molecular formula is C22H20N2. The molecule has 0 atom stereocenters. The molecule has 24 heavy (non-hydrogen) atoms. The van der Waals surface area contributed by atoms with E-state index in [1.807, 2.05) is 72.8 Å². The number of nitrogen functional groups attached to an aromatic ring is 2. The minimum atomic E-state index is 0.777. The molecule has 0 heterocycles. The molecule has 0 radical (unpaired) electrons. The van der Waals surface area contributed by atoms with Crippen molar-refractivity contribution in [1.29, 1.82) is 0 Å². The summed E-state index contributed by atoms with van der Waals surface area (Å²) in [6.45, 7) is 0. The first-order chi connectivity index (χ1) is 11.7. The number of rotatable bonds is 4. The fraction of sp³-hybridized carbons (Fsp3) is 0. The van der Waals surface area contributed by atoms with Gasteiger partial charge in [0.15, 0.2) is 0 Å². The van der Waals surface area contributed by atoms with Gasteiger partial charge < -0.3 is 11.5 Å². The second-order valence-corrected chi connectivity index (χ2v) is 5.55. The van der Waals surface area contributed by atoms with Gasteiger partial charge in [-0.25, -0.2) is 0 Å². The molecule has 3 aromatic carbocycles. The van der Waals surface area contributed by atoms with Gasteiger partial charge in [-0.1, -0.05) is 85.0 Å². The van der Waals surface area contributed by atoms with Crippen LogP contribution >= 0.6 is 0 Å². The van der Waals surface area contributed by atoms with Crippen LogP contribution in [0, 0.1) is 0 Å². The molecule has 0 saturated heterocycles. The smallest absolute Gasteiger partial charge is 0.0387 e. The van der Waals surface area contributed by atoms with Gasteiger partial charge in [-0.2, -0.15) is 0 Å². The quantitative estimate of drug-likeness (QED) is 0.514. The highest BCUT2D eigenvalue weighted by Crippen LogP contribution is 2.20. The van der Waals surface area contributed by atoms with Crippen LogP contribution in [-0.2, 0) is 0 Å². The fourth-order valence-corrected chi connectivity index (χ4v) is 2.50. The minimum absolute atomic E-state index is 0.777. The summed E-state index contributed by atoms with van der Waals surface area (Å²) in [6, 6.07) is 23.9. The Bertz CT molecular complexity index is 817. The van der Waals surface area contributed by atoms with Crippen molar-refractivity contribution in [3.63, 3.8) is 0 Å². The molecular weight excluding hydrogens is 292 g/mol. The molecule has 0 spiro atoms. The third-order valence-electron chi connectivity index (χ3n) is 3.87. The van der Waals surface area contributed by atoms with E-state index in [0.29, 0.717) is 0 Å². The zero-order chi connectivity index (χ0) is 16.8. The maximum absolute atomic E-state index is 5.99. The molecule has 0 fully saturated rings. The van der Waals surface area contributed by atoms with Gasteiger partial charge in [-0.05, 0) is 34.4 Å². The first-order valence-electron chi connectivity index (χ1n) is 7.88. The first-order valence-corrected chi connectivity index (χ1v) is 7.88. The third-order valence-corrected chi connectivity index (χ3v) is 3.87. The monoisotopic (exact) mass is 312 g/mol. The molecule has 0 aliphatic carbocycles. The van der Waals surface area contributed by atoms with Gasteiger partial charge in [0, 0.05) is 11.4 Å². The van der Waals surface area contributed by atoms with Gasteiger partial charge in [0.25, 0.3) is 0 Å². The minimum Gasteiger partial charge on any atom is -0.398 e. The van der Waals surface area contributed by atoms with Crippen molar-refractivity contribution in [2.45, 2.75) is 0 Å². The third kappa shape index (κ3) is 3.73. The van der Waals surface area contributed by atoms with Gasteiger partial charge in [0.05, 0.1) is 0 Å². The molecule has 0 aromatic heterocycles. The highest BCUT2D eigenvalue weighted by atomic mass is 14.6. The fourth-order valence-electron chi connectivity index (χ4n) is 2.50. The van der Waals surface area contributed by atoms with Gasteiger partial charge >= 0.3 is 0 Å². The average Bonchev–Trinajstić information content (AvgIpc) is 2.61. The SMILES string of the molecule is Nc1ccccc1/C=C/c1ccccc1/C=C/c1ccccc1N. The summed E-state index contributed by atoms with van der Waals surface area (Å²) < 4.78 is 0. The number of benzene rings is 3. The summed E-state index contributed by atoms with van der Waals surface area (Å²) in [5.74, 6) is 0. The number of hydrogen-bond donors (Lipinski definition) is 2. The summed E-state index contributed by atoms with van der Waals surface area (Å²) in [5.41, 5.74) is 17.8. The van der Waals surface area contributed by atoms with Crippen molar-refractivity contribution < 1.29 is 0 Å². The molecule has 3 rings (SSSR count). The second kappa shape index (κ2) is 7.34. The summed E-state index contributed by atoms with van der Waals surface area (Å²) in [7, 11) is 0. The van der Waals surface area contributed by atoms with Crippen molar-refractivity contribution >= 4 is 35.7 Å². The molecule has 0 unspecified atom stereocenters.